The largest absolute Gasteiger partial charge is 0.233 e. The number of hydrogen-bond acceptors (Lipinski definition) is 3. The summed E-state index contributed by atoms with van der Waals surface area (Å²) in [6.07, 6.45) is 4.01. The standard InChI is InChI=1S/C16H22O2S/c1-12-8-9-13-10-15(12)17-18-16(13,2)11-19-14-6-4-3-5-7-14/h3-7,12-13,15H,8-11H2,1-2H3/t12-,13-,15-,16+/m1/s1. The van der Waals surface area contributed by atoms with Gasteiger partial charge < -0.3 is 0 Å². The molecule has 0 spiro atoms. The highest BCUT2D eigenvalue weighted by Crippen LogP contribution is 2.45. The van der Waals surface area contributed by atoms with E-state index in [0.717, 1.165) is 12.2 Å². The summed E-state index contributed by atoms with van der Waals surface area (Å²) >= 11 is 1.87. The minimum atomic E-state index is -0.142. The smallest absolute Gasteiger partial charge is 0.113 e. The molecule has 19 heavy (non-hydrogen) atoms. The number of rotatable bonds is 3. The zero-order chi connectivity index (χ0) is 13.3. The molecule has 1 saturated heterocycles. The summed E-state index contributed by atoms with van der Waals surface area (Å²) in [4.78, 5) is 12.8. The Labute approximate surface area is 119 Å². The molecule has 2 bridgehead atoms. The highest BCUT2D eigenvalue weighted by Gasteiger charge is 2.46. The molecule has 1 saturated carbocycles. The van der Waals surface area contributed by atoms with Gasteiger partial charge in [-0.2, -0.15) is 0 Å². The third kappa shape index (κ3) is 2.83. The van der Waals surface area contributed by atoms with Crippen LogP contribution in [0.15, 0.2) is 35.2 Å². The summed E-state index contributed by atoms with van der Waals surface area (Å²) in [5.41, 5.74) is -0.142. The van der Waals surface area contributed by atoms with Crippen molar-refractivity contribution in [3.63, 3.8) is 0 Å². The van der Waals surface area contributed by atoms with E-state index in [1.807, 2.05) is 11.8 Å². The summed E-state index contributed by atoms with van der Waals surface area (Å²) in [7, 11) is 0. The molecule has 1 heterocycles. The molecular weight excluding hydrogens is 256 g/mol. The van der Waals surface area contributed by atoms with Gasteiger partial charge in [0.25, 0.3) is 0 Å². The fraction of sp³-hybridized carbons (Fsp3) is 0.625. The van der Waals surface area contributed by atoms with Crippen LogP contribution in [0.3, 0.4) is 0 Å². The average Bonchev–Trinajstić information content (AvgIpc) is 2.45. The highest BCUT2D eigenvalue weighted by atomic mass is 32.2. The minimum Gasteiger partial charge on any atom is -0.233 e. The summed E-state index contributed by atoms with van der Waals surface area (Å²) in [5.74, 6) is 2.24. The Morgan fingerprint density at radius 2 is 2.05 bits per heavy atom. The van der Waals surface area contributed by atoms with E-state index < -0.39 is 0 Å². The van der Waals surface area contributed by atoms with Gasteiger partial charge in [-0.3, -0.25) is 0 Å². The Morgan fingerprint density at radius 1 is 1.26 bits per heavy atom. The second-order valence-corrected chi connectivity index (χ2v) is 7.17. The first-order valence-electron chi connectivity index (χ1n) is 7.20. The first kappa shape index (κ1) is 13.5. The Hall–Kier alpha value is -0.510. The van der Waals surface area contributed by atoms with Crippen LogP contribution in [0.2, 0.25) is 0 Å². The van der Waals surface area contributed by atoms with E-state index in [2.05, 4.69) is 44.2 Å². The average molecular weight is 278 g/mol. The molecule has 1 aliphatic heterocycles. The number of fused-ring (bicyclic) bond motifs is 2. The molecule has 3 rings (SSSR count). The third-order valence-electron chi connectivity index (χ3n) is 4.62. The highest BCUT2D eigenvalue weighted by molar-refractivity contribution is 7.99. The van der Waals surface area contributed by atoms with Gasteiger partial charge in [-0.1, -0.05) is 25.1 Å². The minimum absolute atomic E-state index is 0.142. The Kier molecular flexibility index (Phi) is 3.88. The molecule has 0 unspecified atom stereocenters. The van der Waals surface area contributed by atoms with E-state index in [-0.39, 0.29) is 5.60 Å². The van der Waals surface area contributed by atoms with Gasteiger partial charge in [-0.25, -0.2) is 9.78 Å². The van der Waals surface area contributed by atoms with Crippen molar-refractivity contribution in [1.29, 1.82) is 0 Å². The van der Waals surface area contributed by atoms with Gasteiger partial charge in [0.05, 0.1) is 6.10 Å². The predicted molar refractivity (Wildman–Crippen MR) is 78.0 cm³/mol. The van der Waals surface area contributed by atoms with Gasteiger partial charge in [-0.15, -0.1) is 11.8 Å². The summed E-state index contributed by atoms with van der Waals surface area (Å²) in [5, 5.41) is 0. The maximum atomic E-state index is 5.80. The lowest BCUT2D eigenvalue weighted by atomic mass is 9.73. The van der Waals surface area contributed by atoms with E-state index in [0.29, 0.717) is 17.9 Å². The van der Waals surface area contributed by atoms with Gasteiger partial charge in [0.15, 0.2) is 0 Å². The quantitative estimate of drug-likeness (QED) is 0.606. The molecule has 1 aromatic carbocycles. The van der Waals surface area contributed by atoms with Crippen molar-refractivity contribution < 1.29 is 9.78 Å². The van der Waals surface area contributed by atoms with Gasteiger partial charge in [-0.05, 0) is 50.2 Å². The first-order chi connectivity index (χ1) is 9.17. The Balaban J connectivity index is 1.64. The zero-order valence-corrected chi connectivity index (χ0v) is 12.5. The molecule has 2 aliphatic rings. The van der Waals surface area contributed by atoms with Gasteiger partial charge in [0.1, 0.15) is 5.60 Å². The normalized spacial score (nSPS) is 38.1. The molecule has 0 N–H and O–H groups in total. The van der Waals surface area contributed by atoms with Crippen LogP contribution in [0.1, 0.15) is 33.1 Å². The maximum absolute atomic E-state index is 5.80. The topological polar surface area (TPSA) is 18.5 Å². The van der Waals surface area contributed by atoms with Crippen molar-refractivity contribution in [3.8, 4) is 0 Å². The van der Waals surface area contributed by atoms with Crippen LogP contribution in [0.4, 0.5) is 0 Å². The summed E-state index contributed by atoms with van der Waals surface area (Å²) < 4.78 is 0. The van der Waals surface area contributed by atoms with Crippen LogP contribution >= 0.6 is 11.8 Å². The first-order valence-corrected chi connectivity index (χ1v) is 8.18. The molecule has 3 heteroatoms. The SMILES string of the molecule is C[C@@H]1CC[C@@H]2C[C@H]1OO[C@@]2(C)CSc1ccccc1. The summed E-state index contributed by atoms with van der Waals surface area (Å²) in [6.45, 7) is 4.48. The lowest BCUT2D eigenvalue weighted by molar-refractivity contribution is -0.427. The molecule has 2 fully saturated rings. The van der Waals surface area contributed by atoms with Crippen LogP contribution < -0.4 is 0 Å². The molecule has 1 aliphatic carbocycles. The van der Waals surface area contributed by atoms with Crippen molar-refractivity contribution >= 4 is 11.8 Å². The van der Waals surface area contributed by atoms with Gasteiger partial charge >= 0.3 is 0 Å². The second-order valence-electron chi connectivity index (χ2n) is 6.12. The fourth-order valence-corrected chi connectivity index (χ4v) is 4.18. The summed E-state index contributed by atoms with van der Waals surface area (Å²) in [6, 6.07) is 10.5. The maximum Gasteiger partial charge on any atom is 0.113 e. The predicted octanol–water partition coefficient (Wildman–Crippen LogP) is 4.30. The van der Waals surface area contributed by atoms with Crippen LogP contribution in [-0.2, 0) is 9.78 Å². The number of benzene rings is 1. The fourth-order valence-electron chi connectivity index (χ4n) is 3.09. The number of hydrogen-bond donors (Lipinski definition) is 0. The third-order valence-corrected chi connectivity index (χ3v) is 5.94. The Morgan fingerprint density at radius 3 is 2.84 bits per heavy atom. The monoisotopic (exact) mass is 278 g/mol. The van der Waals surface area contributed by atoms with Crippen molar-refractivity contribution in [1.82, 2.24) is 0 Å². The van der Waals surface area contributed by atoms with Crippen molar-refractivity contribution in [2.75, 3.05) is 5.75 Å². The van der Waals surface area contributed by atoms with Gasteiger partial charge in [0, 0.05) is 10.6 Å². The second kappa shape index (κ2) is 5.47. The molecule has 104 valence electrons. The number of thioether (sulfide) groups is 1. The molecule has 0 radical (unpaired) electrons. The van der Waals surface area contributed by atoms with E-state index in [1.165, 1.54) is 17.7 Å². The molecule has 0 aromatic heterocycles. The van der Waals surface area contributed by atoms with Crippen molar-refractivity contribution in [2.45, 2.75) is 49.7 Å². The molecule has 1 aromatic rings. The van der Waals surface area contributed by atoms with Gasteiger partial charge in [0.2, 0.25) is 0 Å². The molecule has 4 atom stereocenters. The Bertz CT molecular complexity index is 422. The molecule has 0 amide bonds. The van der Waals surface area contributed by atoms with Crippen LogP contribution in [0.25, 0.3) is 0 Å². The van der Waals surface area contributed by atoms with E-state index in [9.17, 15) is 0 Å². The van der Waals surface area contributed by atoms with E-state index in [4.69, 9.17) is 9.78 Å². The molecule has 2 nitrogen and oxygen atoms in total. The van der Waals surface area contributed by atoms with Crippen LogP contribution in [0.5, 0.6) is 0 Å². The van der Waals surface area contributed by atoms with Crippen molar-refractivity contribution in [2.24, 2.45) is 11.8 Å². The van der Waals surface area contributed by atoms with Crippen molar-refractivity contribution in [3.05, 3.63) is 30.3 Å². The zero-order valence-electron chi connectivity index (χ0n) is 11.7. The van der Waals surface area contributed by atoms with Crippen LogP contribution in [0, 0.1) is 11.8 Å². The van der Waals surface area contributed by atoms with Crippen LogP contribution in [-0.4, -0.2) is 17.5 Å². The lowest BCUT2D eigenvalue weighted by Crippen LogP contribution is -2.51. The molecular formula is C16H22O2S. The van der Waals surface area contributed by atoms with E-state index >= 15 is 0 Å². The van der Waals surface area contributed by atoms with E-state index in [1.54, 1.807) is 0 Å². The lowest BCUT2D eigenvalue weighted by Gasteiger charge is -2.47.